The molecule has 0 atom stereocenters. The second-order valence-electron chi connectivity index (χ2n) is 4.13. The Morgan fingerprint density at radius 1 is 0.800 bits per heavy atom. The fourth-order valence-corrected chi connectivity index (χ4v) is 1.94. The first-order chi connectivity index (χ1) is 9.12. The number of likely N-dealkylation sites (N-methyl/N-ethyl adjacent to an activating group) is 1. The van der Waals surface area contributed by atoms with Crippen molar-refractivity contribution in [3.63, 3.8) is 0 Å². The average Bonchev–Trinajstić information content (AvgIpc) is 2.21. The number of aliphatic carboxylic acids is 4. The lowest BCUT2D eigenvalue weighted by molar-refractivity contribution is -1.02. The number of nitrogens with zero attached hydrogens (tertiary/aromatic N) is 2. The fourth-order valence-electron chi connectivity index (χ4n) is 1.94. The van der Waals surface area contributed by atoms with Gasteiger partial charge >= 0.3 is 23.9 Å². The molecule has 0 heterocycles. The highest BCUT2D eigenvalue weighted by Crippen LogP contribution is 2.13. The largest absolute Gasteiger partial charge is 0.480 e. The molecular weight excluding hydrogens is 276 g/mol. The predicted molar refractivity (Wildman–Crippen MR) is 62.7 cm³/mol. The second-order valence-corrected chi connectivity index (χ2v) is 4.13. The van der Waals surface area contributed by atoms with Crippen LogP contribution in [0, 0.1) is 0 Å². The zero-order valence-corrected chi connectivity index (χ0v) is 10.9. The highest BCUT2D eigenvalue weighted by molar-refractivity contribution is 5.73. The van der Waals surface area contributed by atoms with Crippen LogP contribution in [0.25, 0.3) is 0 Å². The Morgan fingerprint density at radius 2 is 1.15 bits per heavy atom. The molecule has 0 spiro atoms. The van der Waals surface area contributed by atoms with Crippen molar-refractivity contribution in [2.45, 2.75) is 6.92 Å². The summed E-state index contributed by atoms with van der Waals surface area (Å²) in [7, 11) is 0. The number of rotatable bonds is 10. The molecule has 0 aromatic rings. The summed E-state index contributed by atoms with van der Waals surface area (Å²) in [6, 6.07) is 0. The summed E-state index contributed by atoms with van der Waals surface area (Å²) in [5, 5.41) is 36.4. The minimum atomic E-state index is -1.42. The lowest BCUT2D eigenvalue weighted by Gasteiger charge is -2.41. The number of quaternary nitrogens is 1. The van der Waals surface area contributed by atoms with Gasteiger partial charge in [-0.3, -0.25) is 4.79 Å². The van der Waals surface area contributed by atoms with E-state index >= 15 is 0 Å². The number of hydrogen-bond acceptors (Lipinski definition) is 5. The van der Waals surface area contributed by atoms with Crippen molar-refractivity contribution >= 4 is 23.9 Å². The number of hydrogen-bond donors (Lipinski definition) is 4. The summed E-state index contributed by atoms with van der Waals surface area (Å²) < 4.78 is -0.997. The van der Waals surface area contributed by atoms with Crippen LogP contribution in [-0.4, -0.2) is 86.6 Å². The molecule has 0 aliphatic rings. The second kappa shape index (κ2) is 7.40. The molecule has 4 N–H and O–H groups in total. The SMILES string of the molecule is CCN(CC(=O)O)[N+](CC(=O)O)(CC(=O)O)CC(=O)O. The van der Waals surface area contributed by atoms with Gasteiger partial charge in [0.2, 0.25) is 0 Å². The number of carboxylic acid groups (broad SMARTS) is 4. The van der Waals surface area contributed by atoms with Crippen molar-refractivity contribution < 1.29 is 44.2 Å². The van der Waals surface area contributed by atoms with Crippen molar-refractivity contribution in [3.8, 4) is 0 Å². The van der Waals surface area contributed by atoms with Gasteiger partial charge in [0.1, 0.15) is 6.54 Å². The Labute approximate surface area is 114 Å². The highest BCUT2D eigenvalue weighted by atomic mass is 16.4. The van der Waals surface area contributed by atoms with E-state index in [9.17, 15) is 19.2 Å². The van der Waals surface area contributed by atoms with Crippen LogP contribution in [0.4, 0.5) is 0 Å². The van der Waals surface area contributed by atoms with Gasteiger partial charge in [-0.15, -0.1) is 5.01 Å². The molecule has 10 heteroatoms. The molecule has 0 saturated heterocycles. The molecule has 0 bridgehead atoms. The molecule has 0 fully saturated rings. The van der Waals surface area contributed by atoms with Crippen LogP contribution in [-0.2, 0) is 19.2 Å². The van der Waals surface area contributed by atoms with Gasteiger partial charge in [0.25, 0.3) is 0 Å². The smallest absolute Gasteiger partial charge is 0.361 e. The van der Waals surface area contributed by atoms with Crippen molar-refractivity contribution in [1.82, 2.24) is 5.01 Å². The highest BCUT2D eigenvalue weighted by Gasteiger charge is 2.42. The third-order valence-corrected chi connectivity index (χ3v) is 2.57. The van der Waals surface area contributed by atoms with Crippen LogP contribution in [0.15, 0.2) is 0 Å². The lowest BCUT2D eigenvalue weighted by Crippen LogP contribution is -2.66. The van der Waals surface area contributed by atoms with Gasteiger partial charge in [-0.25, -0.2) is 19.0 Å². The first-order valence-corrected chi connectivity index (χ1v) is 5.61. The first-order valence-electron chi connectivity index (χ1n) is 5.61. The zero-order chi connectivity index (χ0) is 15.9. The molecule has 0 aliphatic heterocycles. The standard InChI is InChI=1S/C10H16N2O8/c1-2-11(3-7(13)14)12(4-8(15)16,5-9(17)18)6-10(19)20/h2-6H2,1H3,(H3-,13,14,15,16,17,18,19,20)/p+1. The van der Waals surface area contributed by atoms with E-state index in [1.54, 1.807) is 0 Å². The quantitative estimate of drug-likeness (QED) is 0.275. The van der Waals surface area contributed by atoms with Gasteiger partial charge in [-0.05, 0) is 6.92 Å². The summed E-state index contributed by atoms with van der Waals surface area (Å²) in [4.78, 5) is 43.5. The van der Waals surface area contributed by atoms with Crippen molar-refractivity contribution in [3.05, 3.63) is 0 Å². The molecular formula is C10H17N2O8+. The van der Waals surface area contributed by atoms with E-state index in [2.05, 4.69) is 0 Å². The molecule has 0 saturated carbocycles. The summed E-state index contributed by atoms with van der Waals surface area (Å²) >= 11 is 0. The molecule has 114 valence electrons. The van der Waals surface area contributed by atoms with Crippen LogP contribution >= 0.6 is 0 Å². The van der Waals surface area contributed by atoms with E-state index in [-0.39, 0.29) is 6.54 Å². The molecule has 0 aliphatic carbocycles. The summed E-state index contributed by atoms with van der Waals surface area (Å²) in [5.74, 6) is -5.57. The monoisotopic (exact) mass is 293 g/mol. The number of carbonyl (C=O) groups is 4. The average molecular weight is 293 g/mol. The molecule has 20 heavy (non-hydrogen) atoms. The van der Waals surface area contributed by atoms with Crippen LogP contribution in [0.2, 0.25) is 0 Å². The van der Waals surface area contributed by atoms with E-state index in [0.29, 0.717) is 0 Å². The lowest BCUT2D eigenvalue weighted by atomic mass is 10.3. The van der Waals surface area contributed by atoms with Crippen molar-refractivity contribution in [2.24, 2.45) is 0 Å². The van der Waals surface area contributed by atoms with Gasteiger partial charge in [-0.1, -0.05) is 0 Å². The van der Waals surface area contributed by atoms with Gasteiger partial charge in [0, 0.05) is 6.54 Å². The fraction of sp³-hybridized carbons (Fsp3) is 0.600. The summed E-state index contributed by atoms with van der Waals surface area (Å²) in [6.45, 7) is -1.69. The number of carboxylic acids is 4. The third-order valence-electron chi connectivity index (χ3n) is 2.57. The maximum absolute atomic E-state index is 10.9. The minimum absolute atomic E-state index is 0.0137. The van der Waals surface area contributed by atoms with E-state index in [4.69, 9.17) is 20.4 Å². The van der Waals surface area contributed by atoms with Gasteiger partial charge in [0.15, 0.2) is 19.6 Å². The molecule has 0 unspecified atom stereocenters. The van der Waals surface area contributed by atoms with Crippen LogP contribution in [0.1, 0.15) is 6.92 Å². The maximum atomic E-state index is 10.9. The van der Waals surface area contributed by atoms with Gasteiger partial charge < -0.3 is 20.4 Å². The molecule has 0 rings (SSSR count). The Balaban J connectivity index is 5.62. The Hall–Kier alpha value is -2.20. The molecule has 0 radical (unpaired) electrons. The molecule has 0 aromatic carbocycles. The predicted octanol–water partition coefficient (Wildman–Crippen LogP) is -1.62. The van der Waals surface area contributed by atoms with Gasteiger partial charge in [-0.2, -0.15) is 0 Å². The van der Waals surface area contributed by atoms with Crippen LogP contribution < -0.4 is 0 Å². The zero-order valence-electron chi connectivity index (χ0n) is 10.9. The van der Waals surface area contributed by atoms with E-state index < -0.39 is 54.6 Å². The maximum Gasteiger partial charge on any atom is 0.361 e. The minimum Gasteiger partial charge on any atom is -0.480 e. The molecule has 0 aromatic heterocycles. The van der Waals surface area contributed by atoms with E-state index in [1.807, 2.05) is 0 Å². The molecule has 0 amide bonds. The van der Waals surface area contributed by atoms with Crippen molar-refractivity contribution in [2.75, 3.05) is 32.7 Å². The normalized spacial score (nSPS) is 11.3. The summed E-state index contributed by atoms with van der Waals surface area (Å²) in [6.07, 6.45) is 0. The van der Waals surface area contributed by atoms with Crippen molar-refractivity contribution in [1.29, 1.82) is 0 Å². The Kier molecular flexibility index (Phi) is 6.59. The van der Waals surface area contributed by atoms with Gasteiger partial charge in [0.05, 0.1) is 0 Å². The molecule has 10 nitrogen and oxygen atoms in total. The van der Waals surface area contributed by atoms with E-state index in [0.717, 1.165) is 5.01 Å². The van der Waals surface area contributed by atoms with Crippen LogP contribution in [0.5, 0.6) is 0 Å². The van der Waals surface area contributed by atoms with Crippen LogP contribution in [0.3, 0.4) is 0 Å². The topological polar surface area (TPSA) is 152 Å². The first kappa shape index (κ1) is 17.8. The Morgan fingerprint density at radius 3 is 1.35 bits per heavy atom. The Bertz CT molecular complexity index is 367. The summed E-state index contributed by atoms with van der Waals surface area (Å²) in [5.41, 5.74) is 0. The van der Waals surface area contributed by atoms with E-state index in [1.165, 1.54) is 6.92 Å². The third kappa shape index (κ3) is 5.63.